The number of hydrogen-bond donors (Lipinski definition) is 2. The predicted octanol–water partition coefficient (Wildman–Crippen LogP) is 1.94. The Morgan fingerprint density at radius 3 is 2.55 bits per heavy atom. The quantitative estimate of drug-likeness (QED) is 0.827. The molecular formula is C15H14ClNO5. The molecule has 0 radical (unpaired) electrons. The van der Waals surface area contributed by atoms with Gasteiger partial charge in [-0.25, -0.2) is 0 Å². The van der Waals surface area contributed by atoms with Crippen molar-refractivity contribution in [2.75, 3.05) is 12.4 Å². The fourth-order valence-corrected chi connectivity index (χ4v) is 3.14. The van der Waals surface area contributed by atoms with Crippen LogP contribution in [-0.4, -0.2) is 36.3 Å². The van der Waals surface area contributed by atoms with Crippen molar-refractivity contribution in [3.05, 3.63) is 35.4 Å². The molecule has 2 heterocycles. The first-order valence-electron chi connectivity index (χ1n) is 6.72. The Bertz CT molecular complexity index is 659. The van der Waals surface area contributed by atoms with Gasteiger partial charge in [0, 0.05) is 5.69 Å². The van der Waals surface area contributed by atoms with Crippen LogP contribution in [-0.2, 0) is 14.3 Å². The van der Waals surface area contributed by atoms with Crippen LogP contribution < -0.4 is 10.1 Å². The number of carboxylic acids is 1. The zero-order chi connectivity index (χ0) is 15.9. The fourth-order valence-electron chi connectivity index (χ4n) is 2.88. The van der Waals surface area contributed by atoms with E-state index in [9.17, 15) is 14.7 Å². The van der Waals surface area contributed by atoms with Gasteiger partial charge in [0.15, 0.2) is 0 Å². The maximum Gasteiger partial charge on any atom is 0.310 e. The Morgan fingerprint density at radius 1 is 1.27 bits per heavy atom. The van der Waals surface area contributed by atoms with Crippen molar-refractivity contribution >= 4 is 29.2 Å². The van der Waals surface area contributed by atoms with Gasteiger partial charge in [-0.15, -0.1) is 0 Å². The standard InChI is InChI=1S/C15H14ClNO5/c1-21-9-3-2-7(6-8(9)16)17-14(18)12-10-4-5-11(22-10)13(12)15(19)20/h2-6,10-13H,1H3,(H,17,18)(H,19,20)/t10-,11-,12+,13+/m1/s1. The summed E-state index contributed by atoms with van der Waals surface area (Å²) in [6.07, 6.45) is 2.38. The van der Waals surface area contributed by atoms with Gasteiger partial charge in [0.05, 0.1) is 30.3 Å². The molecule has 2 N–H and O–H groups in total. The number of hydrogen-bond acceptors (Lipinski definition) is 4. The van der Waals surface area contributed by atoms with Gasteiger partial charge in [0.2, 0.25) is 5.91 Å². The van der Waals surface area contributed by atoms with Gasteiger partial charge in [0.25, 0.3) is 0 Å². The van der Waals surface area contributed by atoms with Crippen LogP contribution in [0.25, 0.3) is 0 Å². The van der Waals surface area contributed by atoms with Gasteiger partial charge >= 0.3 is 5.97 Å². The van der Waals surface area contributed by atoms with Crippen LogP contribution in [0.15, 0.2) is 30.4 Å². The van der Waals surface area contributed by atoms with E-state index in [1.807, 2.05) is 0 Å². The van der Waals surface area contributed by atoms with Crippen molar-refractivity contribution in [3.8, 4) is 5.75 Å². The van der Waals surface area contributed by atoms with E-state index in [4.69, 9.17) is 21.1 Å². The number of ether oxygens (including phenoxy) is 2. The molecule has 1 saturated heterocycles. The lowest BCUT2D eigenvalue weighted by molar-refractivity contribution is -0.145. The second-order valence-corrected chi connectivity index (χ2v) is 5.59. The van der Waals surface area contributed by atoms with Crippen LogP contribution in [0.3, 0.4) is 0 Å². The van der Waals surface area contributed by atoms with E-state index in [1.165, 1.54) is 7.11 Å². The van der Waals surface area contributed by atoms with Crippen LogP contribution >= 0.6 is 11.6 Å². The van der Waals surface area contributed by atoms with Crippen LogP contribution in [0, 0.1) is 11.8 Å². The summed E-state index contributed by atoms with van der Waals surface area (Å²) in [5, 5.41) is 12.4. The summed E-state index contributed by atoms with van der Waals surface area (Å²) in [7, 11) is 1.50. The van der Waals surface area contributed by atoms with Gasteiger partial charge in [-0.3, -0.25) is 9.59 Å². The van der Waals surface area contributed by atoms with E-state index in [0.29, 0.717) is 16.5 Å². The number of aliphatic carboxylic acids is 1. The molecule has 6 nitrogen and oxygen atoms in total. The van der Waals surface area contributed by atoms with Crippen molar-refractivity contribution in [2.24, 2.45) is 11.8 Å². The van der Waals surface area contributed by atoms with Crippen LogP contribution in [0.4, 0.5) is 5.69 Å². The maximum absolute atomic E-state index is 12.4. The number of halogens is 1. The molecular weight excluding hydrogens is 310 g/mol. The number of benzene rings is 1. The lowest BCUT2D eigenvalue weighted by Crippen LogP contribution is -2.39. The Labute approximate surface area is 131 Å². The van der Waals surface area contributed by atoms with E-state index in [-0.39, 0.29) is 0 Å². The maximum atomic E-state index is 12.4. The van der Waals surface area contributed by atoms with Gasteiger partial charge in [-0.2, -0.15) is 0 Å². The average Bonchev–Trinajstić information content (AvgIpc) is 3.07. The molecule has 2 bridgehead atoms. The number of amides is 1. The Morgan fingerprint density at radius 2 is 1.95 bits per heavy atom. The third-order valence-electron chi connectivity index (χ3n) is 3.91. The smallest absolute Gasteiger partial charge is 0.310 e. The summed E-state index contributed by atoms with van der Waals surface area (Å²) in [5.74, 6) is -2.57. The highest BCUT2D eigenvalue weighted by Gasteiger charge is 2.53. The number of nitrogens with one attached hydrogen (secondary N) is 1. The highest BCUT2D eigenvalue weighted by Crippen LogP contribution is 2.40. The van der Waals surface area contributed by atoms with Gasteiger partial charge in [-0.05, 0) is 18.2 Å². The molecule has 0 saturated carbocycles. The van der Waals surface area contributed by atoms with E-state index in [0.717, 1.165) is 0 Å². The molecule has 0 spiro atoms. The number of carbonyl (C=O) groups is 2. The van der Waals surface area contributed by atoms with E-state index < -0.39 is 35.9 Å². The summed E-state index contributed by atoms with van der Waals surface area (Å²) in [6, 6.07) is 4.82. The molecule has 1 aromatic carbocycles. The Balaban J connectivity index is 1.78. The average molecular weight is 324 g/mol. The summed E-state index contributed by atoms with van der Waals surface area (Å²) in [4.78, 5) is 23.8. The van der Waals surface area contributed by atoms with E-state index >= 15 is 0 Å². The van der Waals surface area contributed by atoms with Crippen molar-refractivity contribution in [2.45, 2.75) is 12.2 Å². The molecule has 1 fully saturated rings. The third kappa shape index (κ3) is 2.44. The molecule has 116 valence electrons. The van der Waals surface area contributed by atoms with Gasteiger partial charge in [0.1, 0.15) is 11.7 Å². The molecule has 1 amide bonds. The molecule has 4 atom stereocenters. The number of carboxylic acid groups (broad SMARTS) is 1. The second kappa shape index (κ2) is 5.62. The second-order valence-electron chi connectivity index (χ2n) is 5.18. The van der Waals surface area contributed by atoms with Crippen LogP contribution in [0.1, 0.15) is 0 Å². The lowest BCUT2D eigenvalue weighted by atomic mass is 9.82. The van der Waals surface area contributed by atoms with Crippen molar-refractivity contribution in [1.82, 2.24) is 0 Å². The minimum absolute atomic E-state index is 0.360. The number of fused-ring (bicyclic) bond motifs is 2. The van der Waals surface area contributed by atoms with Crippen LogP contribution in [0.2, 0.25) is 5.02 Å². The Kier molecular flexibility index (Phi) is 3.80. The first-order chi connectivity index (χ1) is 10.5. The van der Waals surface area contributed by atoms with Crippen LogP contribution in [0.5, 0.6) is 5.75 Å². The monoisotopic (exact) mass is 323 g/mol. The molecule has 7 heteroatoms. The molecule has 0 aliphatic carbocycles. The zero-order valence-electron chi connectivity index (χ0n) is 11.7. The first kappa shape index (κ1) is 14.9. The largest absolute Gasteiger partial charge is 0.495 e. The molecule has 0 unspecified atom stereocenters. The molecule has 2 aliphatic heterocycles. The fraction of sp³-hybridized carbons (Fsp3) is 0.333. The SMILES string of the molecule is COc1ccc(NC(=O)[C@@H]2[C@@H](C(=O)O)[C@H]3C=C[C@H]2O3)cc1Cl. The summed E-state index contributed by atoms with van der Waals surface area (Å²) in [6.45, 7) is 0. The molecule has 0 aromatic heterocycles. The zero-order valence-corrected chi connectivity index (χ0v) is 12.4. The molecule has 1 aromatic rings. The predicted molar refractivity (Wildman–Crippen MR) is 79.1 cm³/mol. The van der Waals surface area contributed by atoms with E-state index in [1.54, 1.807) is 30.4 Å². The number of rotatable bonds is 4. The number of anilines is 1. The van der Waals surface area contributed by atoms with Gasteiger partial charge in [-0.1, -0.05) is 23.8 Å². The lowest BCUT2D eigenvalue weighted by Gasteiger charge is -2.21. The summed E-state index contributed by atoms with van der Waals surface area (Å²) in [5.41, 5.74) is 0.478. The van der Waals surface area contributed by atoms with E-state index in [2.05, 4.69) is 5.32 Å². The van der Waals surface area contributed by atoms with Gasteiger partial charge < -0.3 is 19.9 Å². The van der Waals surface area contributed by atoms with Crippen molar-refractivity contribution < 1.29 is 24.2 Å². The molecule has 2 aliphatic rings. The van der Waals surface area contributed by atoms with Crippen molar-refractivity contribution in [1.29, 1.82) is 0 Å². The molecule has 3 rings (SSSR count). The topological polar surface area (TPSA) is 84.9 Å². The summed E-state index contributed by atoms with van der Waals surface area (Å²) < 4.78 is 10.5. The number of carbonyl (C=O) groups excluding carboxylic acids is 1. The highest BCUT2D eigenvalue weighted by atomic mass is 35.5. The third-order valence-corrected chi connectivity index (χ3v) is 4.20. The van der Waals surface area contributed by atoms with Crippen molar-refractivity contribution in [3.63, 3.8) is 0 Å². The summed E-state index contributed by atoms with van der Waals surface area (Å²) >= 11 is 6.01. The molecule has 22 heavy (non-hydrogen) atoms. The Hall–Kier alpha value is -2.05. The normalized spacial score (nSPS) is 28.6. The number of methoxy groups -OCH3 is 1. The first-order valence-corrected chi connectivity index (χ1v) is 7.10. The minimum Gasteiger partial charge on any atom is -0.495 e. The highest BCUT2D eigenvalue weighted by molar-refractivity contribution is 6.32. The minimum atomic E-state index is -1.04.